The standard InChI is InChI=1S/C11H14Cl2N2O3S.ClH/c12-10-2-1-9(5-11(10)13)19(16,17)15-3-4-18-8(6-14)7-15;/h1-2,5,8H,3-4,6-7,14H2;1H. The minimum Gasteiger partial charge on any atom is -0.374 e. The van der Waals surface area contributed by atoms with Gasteiger partial charge in [0.25, 0.3) is 0 Å². The lowest BCUT2D eigenvalue weighted by molar-refractivity contribution is 0.00450. The topological polar surface area (TPSA) is 72.6 Å². The van der Waals surface area contributed by atoms with Crippen LogP contribution in [0.25, 0.3) is 0 Å². The molecule has 0 amide bonds. The normalized spacial score (nSPS) is 20.4. The van der Waals surface area contributed by atoms with Crippen LogP contribution in [0.15, 0.2) is 23.1 Å². The van der Waals surface area contributed by atoms with Crippen molar-refractivity contribution in [2.24, 2.45) is 5.73 Å². The summed E-state index contributed by atoms with van der Waals surface area (Å²) in [5.74, 6) is 0. The molecule has 1 saturated heterocycles. The van der Waals surface area contributed by atoms with Gasteiger partial charge >= 0.3 is 0 Å². The molecule has 2 N–H and O–H groups in total. The molecule has 0 saturated carbocycles. The fourth-order valence-corrected chi connectivity index (χ4v) is 3.68. The zero-order valence-electron chi connectivity index (χ0n) is 10.5. The molecule has 114 valence electrons. The van der Waals surface area contributed by atoms with E-state index in [1.54, 1.807) is 0 Å². The van der Waals surface area contributed by atoms with Crippen molar-refractivity contribution in [3.05, 3.63) is 28.2 Å². The Labute approximate surface area is 134 Å². The average Bonchev–Trinajstić information content (AvgIpc) is 2.41. The van der Waals surface area contributed by atoms with Gasteiger partial charge in [-0.3, -0.25) is 0 Å². The van der Waals surface area contributed by atoms with Crippen LogP contribution in [0.2, 0.25) is 10.0 Å². The van der Waals surface area contributed by atoms with Crippen molar-refractivity contribution in [3.8, 4) is 0 Å². The van der Waals surface area contributed by atoms with Crippen molar-refractivity contribution in [1.29, 1.82) is 0 Å². The number of hydrogen-bond donors (Lipinski definition) is 1. The van der Waals surface area contributed by atoms with Gasteiger partial charge in [0, 0.05) is 19.6 Å². The van der Waals surface area contributed by atoms with Crippen LogP contribution in [0.1, 0.15) is 0 Å². The van der Waals surface area contributed by atoms with Crippen LogP contribution >= 0.6 is 35.6 Å². The summed E-state index contributed by atoms with van der Waals surface area (Å²) < 4.78 is 31.6. The molecule has 1 atom stereocenters. The smallest absolute Gasteiger partial charge is 0.243 e. The van der Waals surface area contributed by atoms with Gasteiger partial charge in [-0.05, 0) is 18.2 Å². The zero-order valence-corrected chi connectivity index (χ0v) is 13.6. The van der Waals surface area contributed by atoms with Crippen molar-refractivity contribution in [2.75, 3.05) is 26.2 Å². The van der Waals surface area contributed by atoms with Gasteiger partial charge < -0.3 is 10.5 Å². The van der Waals surface area contributed by atoms with E-state index in [2.05, 4.69) is 0 Å². The molecular weight excluding hydrogens is 347 g/mol. The maximum atomic E-state index is 12.4. The Kier molecular flexibility index (Phi) is 6.53. The van der Waals surface area contributed by atoms with Crippen molar-refractivity contribution in [1.82, 2.24) is 4.31 Å². The average molecular weight is 362 g/mol. The molecule has 1 aromatic carbocycles. The number of rotatable bonds is 3. The molecule has 5 nitrogen and oxygen atoms in total. The largest absolute Gasteiger partial charge is 0.374 e. The first-order valence-electron chi connectivity index (χ1n) is 5.72. The Morgan fingerprint density at radius 3 is 2.65 bits per heavy atom. The summed E-state index contributed by atoms with van der Waals surface area (Å²) in [7, 11) is -3.59. The van der Waals surface area contributed by atoms with Gasteiger partial charge in [0.05, 0.1) is 27.7 Å². The van der Waals surface area contributed by atoms with Crippen LogP contribution in [-0.4, -0.2) is 45.1 Å². The Balaban J connectivity index is 0.00000200. The lowest BCUT2D eigenvalue weighted by Crippen LogP contribution is -2.48. The molecule has 0 spiro atoms. The summed E-state index contributed by atoms with van der Waals surface area (Å²) in [4.78, 5) is 0.125. The molecule has 0 bridgehead atoms. The third-order valence-corrected chi connectivity index (χ3v) is 5.49. The van der Waals surface area contributed by atoms with Gasteiger partial charge in [-0.1, -0.05) is 23.2 Å². The number of hydrogen-bond acceptors (Lipinski definition) is 4. The first kappa shape index (κ1) is 18.0. The van der Waals surface area contributed by atoms with E-state index in [0.29, 0.717) is 18.2 Å². The highest BCUT2D eigenvalue weighted by atomic mass is 35.5. The van der Waals surface area contributed by atoms with E-state index in [0.717, 1.165) is 0 Å². The Hall–Kier alpha value is -0.0800. The minimum atomic E-state index is -3.59. The Morgan fingerprint density at radius 2 is 2.05 bits per heavy atom. The number of nitrogens with two attached hydrogens (primary N) is 1. The number of morpholine rings is 1. The van der Waals surface area contributed by atoms with Gasteiger partial charge in [-0.2, -0.15) is 4.31 Å². The highest BCUT2D eigenvalue weighted by Gasteiger charge is 2.30. The summed E-state index contributed by atoms with van der Waals surface area (Å²) in [6.45, 7) is 1.17. The molecule has 9 heteroatoms. The summed E-state index contributed by atoms with van der Waals surface area (Å²) in [6.07, 6.45) is -0.272. The monoisotopic (exact) mass is 360 g/mol. The molecule has 2 rings (SSSR count). The minimum absolute atomic E-state index is 0. The highest BCUT2D eigenvalue weighted by molar-refractivity contribution is 7.89. The first-order valence-corrected chi connectivity index (χ1v) is 7.91. The summed E-state index contributed by atoms with van der Waals surface area (Å²) in [5, 5.41) is 0.536. The number of halogens is 3. The molecule has 1 aromatic rings. The second-order valence-electron chi connectivity index (χ2n) is 4.17. The van der Waals surface area contributed by atoms with Crippen LogP contribution in [-0.2, 0) is 14.8 Å². The molecule has 0 aromatic heterocycles. The quantitative estimate of drug-likeness (QED) is 0.890. The second kappa shape index (κ2) is 7.26. The lowest BCUT2D eigenvalue weighted by Gasteiger charge is -2.31. The zero-order chi connectivity index (χ0) is 14.0. The maximum absolute atomic E-state index is 12.4. The number of benzene rings is 1. The molecule has 1 aliphatic rings. The third-order valence-electron chi connectivity index (χ3n) is 2.89. The van der Waals surface area contributed by atoms with Crippen molar-refractivity contribution >= 4 is 45.6 Å². The van der Waals surface area contributed by atoms with Crippen molar-refractivity contribution in [2.45, 2.75) is 11.0 Å². The van der Waals surface area contributed by atoms with Gasteiger partial charge in [0.15, 0.2) is 0 Å². The molecule has 1 fully saturated rings. The first-order chi connectivity index (χ1) is 8.95. The van der Waals surface area contributed by atoms with Crippen LogP contribution < -0.4 is 5.73 Å². The highest BCUT2D eigenvalue weighted by Crippen LogP contribution is 2.27. The third kappa shape index (κ3) is 3.76. The van der Waals surface area contributed by atoms with Crippen molar-refractivity contribution < 1.29 is 13.2 Å². The van der Waals surface area contributed by atoms with E-state index in [1.807, 2.05) is 0 Å². The number of sulfonamides is 1. The van der Waals surface area contributed by atoms with Crippen LogP contribution in [0.5, 0.6) is 0 Å². The predicted molar refractivity (Wildman–Crippen MR) is 81.3 cm³/mol. The molecule has 20 heavy (non-hydrogen) atoms. The molecular formula is C11H15Cl3N2O3S. The van der Waals surface area contributed by atoms with E-state index in [-0.39, 0.29) is 41.5 Å². The van der Waals surface area contributed by atoms with Crippen molar-refractivity contribution in [3.63, 3.8) is 0 Å². The Bertz CT molecular complexity index is 568. The summed E-state index contributed by atoms with van der Waals surface area (Å²) in [6, 6.07) is 4.26. The fourth-order valence-electron chi connectivity index (χ4n) is 1.84. The molecule has 1 unspecified atom stereocenters. The van der Waals surface area contributed by atoms with Crippen LogP contribution in [0.4, 0.5) is 0 Å². The fraction of sp³-hybridized carbons (Fsp3) is 0.455. The number of ether oxygens (including phenoxy) is 1. The molecule has 0 aliphatic carbocycles. The molecule has 1 aliphatic heterocycles. The second-order valence-corrected chi connectivity index (χ2v) is 6.92. The maximum Gasteiger partial charge on any atom is 0.243 e. The van der Waals surface area contributed by atoms with E-state index < -0.39 is 10.0 Å². The van der Waals surface area contributed by atoms with Crippen LogP contribution in [0, 0.1) is 0 Å². The predicted octanol–water partition coefficient (Wildman–Crippen LogP) is 1.76. The van der Waals surface area contributed by atoms with Gasteiger partial charge in [-0.25, -0.2) is 8.42 Å². The Morgan fingerprint density at radius 1 is 1.35 bits per heavy atom. The summed E-state index contributed by atoms with van der Waals surface area (Å²) in [5.41, 5.74) is 5.51. The lowest BCUT2D eigenvalue weighted by atomic mass is 10.3. The van der Waals surface area contributed by atoms with E-state index in [9.17, 15) is 8.42 Å². The number of nitrogens with zero attached hydrogens (tertiary/aromatic N) is 1. The van der Waals surface area contributed by atoms with Gasteiger partial charge in [-0.15, -0.1) is 12.4 Å². The van der Waals surface area contributed by atoms with Crippen LogP contribution in [0.3, 0.4) is 0 Å². The van der Waals surface area contributed by atoms with E-state index >= 15 is 0 Å². The van der Waals surface area contributed by atoms with Gasteiger partial charge in [0.1, 0.15) is 0 Å². The van der Waals surface area contributed by atoms with Gasteiger partial charge in [0.2, 0.25) is 10.0 Å². The van der Waals surface area contributed by atoms with E-state index in [1.165, 1.54) is 22.5 Å². The SMILES string of the molecule is Cl.NCC1CN(S(=O)(=O)c2ccc(Cl)c(Cl)c2)CCO1. The van der Waals surface area contributed by atoms with E-state index in [4.69, 9.17) is 33.7 Å². The molecule has 1 heterocycles. The molecule has 0 radical (unpaired) electrons. The summed E-state index contributed by atoms with van der Waals surface area (Å²) >= 11 is 11.6.